The molecule has 1 aromatic carbocycles. The zero-order valence-corrected chi connectivity index (χ0v) is 12.0. The minimum Gasteiger partial charge on any atom is -0.394 e. The van der Waals surface area contributed by atoms with Crippen LogP contribution in [0.1, 0.15) is 17.3 Å². The number of rotatable bonds is 2. The molecule has 19 heavy (non-hydrogen) atoms. The summed E-state index contributed by atoms with van der Waals surface area (Å²) < 4.78 is 5.41. The van der Waals surface area contributed by atoms with Gasteiger partial charge >= 0.3 is 0 Å². The molecule has 0 saturated carbocycles. The van der Waals surface area contributed by atoms with E-state index in [0.717, 1.165) is 0 Å². The highest BCUT2D eigenvalue weighted by Gasteiger charge is 2.31. The number of ether oxygens (including phenoxy) is 1. The minimum absolute atomic E-state index is 0.0809. The minimum atomic E-state index is -0.360. The fourth-order valence-electron chi connectivity index (χ4n) is 2.06. The van der Waals surface area contributed by atoms with Gasteiger partial charge in [-0.25, -0.2) is 0 Å². The topological polar surface area (TPSA) is 49.8 Å². The molecule has 0 radical (unpaired) electrons. The second-order valence-electron chi connectivity index (χ2n) is 4.54. The predicted molar refractivity (Wildman–Crippen MR) is 73.8 cm³/mol. The quantitative estimate of drug-likeness (QED) is 0.911. The van der Waals surface area contributed by atoms with E-state index in [1.54, 1.807) is 23.1 Å². The molecule has 2 rings (SSSR count). The van der Waals surface area contributed by atoms with Crippen molar-refractivity contribution in [2.75, 3.05) is 19.8 Å². The molecule has 1 heterocycles. The normalized spacial score (nSPS) is 23.5. The van der Waals surface area contributed by atoms with Gasteiger partial charge in [-0.05, 0) is 19.1 Å². The third-order valence-corrected chi connectivity index (χ3v) is 3.78. The molecule has 2 unspecified atom stereocenters. The van der Waals surface area contributed by atoms with Crippen LogP contribution in [0, 0.1) is 0 Å². The largest absolute Gasteiger partial charge is 0.394 e. The zero-order chi connectivity index (χ0) is 14.0. The first kappa shape index (κ1) is 14.6. The second kappa shape index (κ2) is 6.09. The smallest absolute Gasteiger partial charge is 0.257 e. The van der Waals surface area contributed by atoms with Gasteiger partial charge in [-0.1, -0.05) is 29.3 Å². The van der Waals surface area contributed by atoms with E-state index in [4.69, 9.17) is 33.0 Å². The summed E-state index contributed by atoms with van der Waals surface area (Å²) in [5.41, 5.74) is 0.302. The predicted octanol–water partition coefficient (Wildman–Crippen LogP) is 2.22. The van der Waals surface area contributed by atoms with Gasteiger partial charge < -0.3 is 14.7 Å². The molecule has 2 atom stereocenters. The van der Waals surface area contributed by atoms with Crippen molar-refractivity contribution in [3.05, 3.63) is 33.8 Å². The van der Waals surface area contributed by atoms with E-state index in [-0.39, 0.29) is 24.7 Å². The summed E-state index contributed by atoms with van der Waals surface area (Å²) in [6, 6.07) is 4.88. The molecule has 1 aliphatic rings. The van der Waals surface area contributed by atoms with Crippen LogP contribution in [0.3, 0.4) is 0 Å². The average molecular weight is 304 g/mol. The van der Waals surface area contributed by atoms with E-state index < -0.39 is 0 Å². The van der Waals surface area contributed by atoms with Crippen LogP contribution in [0.15, 0.2) is 18.2 Å². The standard InChI is InChI=1S/C13H15Cl2NO3/c1-8-7-19-9(6-17)5-16(8)13(18)12-10(14)3-2-4-11(12)15/h2-4,8-9,17H,5-7H2,1H3. The molecule has 0 aromatic heterocycles. The lowest BCUT2D eigenvalue weighted by Crippen LogP contribution is -2.52. The third-order valence-electron chi connectivity index (χ3n) is 3.15. The van der Waals surface area contributed by atoms with Gasteiger partial charge in [0.05, 0.1) is 41.0 Å². The number of aliphatic hydroxyl groups excluding tert-OH is 1. The highest BCUT2D eigenvalue weighted by Crippen LogP contribution is 2.27. The molecule has 1 N–H and O–H groups in total. The summed E-state index contributed by atoms with van der Waals surface area (Å²) in [6.07, 6.45) is -0.360. The molecule has 1 fully saturated rings. The maximum absolute atomic E-state index is 12.5. The highest BCUT2D eigenvalue weighted by atomic mass is 35.5. The highest BCUT2D eigenvalue weighted by molar-refractivity contribution is 6.39. The molecule has 0 aliphatic carbocycles. The number of morpholine rings is 1. The van der Waals surface area contributed by atoms with E-state index in [2.05, 4.69) is 0 Å². The molecular weight excluding hydrogens is 289 g/mol. The fraction of sp³-hybridized carbons (Fsp3) is 0.462. The summed E-state index contributed by atoms with van der Waals surface area (Å²) in [5, 5.41) is 9.80. The molecule has 0 bridgehead atoms. The van der Waals surface area contributed by atoms with Gasteiger partial charge in [-0.3, -0.25) is 4.79 Å². The van der Waals surface area contributed by atoms with E-state index in [1.165, 1.54) is 0 Å². The summed E-state index contributed by atoms with van der Waals surface area (Å²) in [5.74, 6) is -0.232. The van der Waals surface area contributed by atoms with Gasteiger partial charge in [0.15, 0.2) is 0 Å². The number of carbonyl (C=O) groups excluding carboxylic acids is 1. The monoisotopic (exact) mass is 303 g/mol. The number of halogens is 2. The number of hydrogen-bond donors (Lipinski definition) is 1. The van der Waals surface area contributed by atoms with Gasteiger partial charge in [0.2, 0.25) is 0 Å². The first-order chi connectivity index (χ1) is 9.04. The Balaban J connectivity index is 2.27. The molecule has 104 valence electrons. The van der Waals surface area contributed by atoms with Crippen LogP contribution in [-0.4, -0.2) is 47.8 Å². The van der Waals surface area contributed by atoms with Gasteiger partial charge in [0, 0.05) is 6.54 Å². The van der Waals surface area contributed by atoms with E-state index in [0.29, 0.717) is 28.8 Å². The van der Waals surface area contributed by atoms with Crippen LogP contribution < -0.4 is 0 Å². The molecule has 1 amide bonds. The Morgan fingerprint density at radius 2 is 2.11 bits per heavy atom. The lowest BCUT2D eigenvalue weighted by molar-refractivity contribution is -0.0667. The Labute approximate surface area is 121 Å². The second-order valence-corrected chi connectivity index (χ2v) is 5.36. The van der Waals surface area contributed by atoms with Crippen molar-refractivity contribution in [3.8, 4) is 0 Å². The Kier molecular flexibility index (Phi) is 4.68. The maximum atomic E-state index is 12.5. The maximum Gasteiger partial charge on any atom is 0.257 e. The number of carbonyl (C=O) groups is 1. The van der Waals surface area contributed by atoms with Gasteiger partial charge in [-0.15, -0.1) is 0 Å². The zero-order valence-electron chi connectivity index (χ0n) is 10.5. The van der Waals surface area contributed by atoms with Crippen molar-refractivity contribution < 1.29 is 14.6 Å². The SMILES string of the molecule is CC1COC(CO)CN1C(=O)c1c(Cl)cccc1Cl. The molecule has 1 saturated heterocycles. The summed E-state index contributed by atoms with van der Waals surface area (Å²) >= 11 is 12.1. The summed E-state index contributed by atoms with van der Waals surface area (Å²) in [4.78, 5) is 14.2. The summed E-state index contributed by atoms with van der Waals surface area (Å²) in [7, 11) is 0. The fourth-order valence-corrected chi connectivity index (χ4v) is 2.62. The lowest BCUT2D eigenvalue weighted by atomic mass is 10.1. The van der Waals surface area contributed by atoms with E-state index >= 15 is 0 Å². The van der Waals surface area contributed by atoms with Crippen LogP contribution in [0.25, 0.3) is 0 Å². The van der Waals surface area contributed by atoms with Crippen LogP contribution >= 0.6 is 23.2 Å². The molecular formula is C13H15Cl2NO3. The molecule has 1 aliphatic heterocycles. The van der Waals surface area contributed by atoms with E-state index in [9.17, 15) is 4.79 Å². The van der Waals surface area contributed by atoms with Crippen molar-refractivity contribution in [3.63, 3.8) is 0 Å². The Morgan fingerprint density at radius 3 is 2.68 bits per heavy atom. The van der Waals surface area contributed by atoms with Crippen molar-refractivity contribution >= 4 is 29.1 Å². The van der Waals surface area contributed by atoms with Crippen molar-refractivity contribution in [2.24, 2.45) is 0 Å². The molecule has 4 nitrogen and oxygen atoms in total. The Hall–Kier alpha value is -0.810. The van der Waals surface area contributed by atoms with Gasteiger partial charge in [0.1, 0.15) is 0 Å². The van der Waals surface area contributed by atoms with Crippen molar-refractivity contribution in [2.45, 2.75) is 19.1 Å². The first-order valence-corrected chi connectivity index (χ1v) is 6.77. The lowest BCUT2D eigenvalue weighted by Gasteiger charge is -2.37. The molecule has 6 heteroatoms. The third kappa shape index (κ3) is 3.03. The van der Waals surface area contributed by atoms with Gasteiger partial charge in [-0.2, -0.15) is 0 Å². The Morgan fingerprint density at radius 1 is 1.47 bits per heavy atom. The first-order valence-electron chi connectivity index (χ1n) is 6.02. The van der Waals surface area contributed by atoms with Crippen LogP contribution in [-0.2, 0) is 4.74 Å². The van der Waals surface area contributed by atoms with Crippen LogP contribution in [0.4, 0.5) is 0 Å². The van der Waals surface area contributed by atoms with Gasteiger partial charge in [0.25, 0.3) is 5.91 Å². The van der Waals surface area contributed by atoms with Crippen molar-refractivity contribution in [1.29, 1.82) is 0 Å². The number of aliphatic hydroxyl groups is 1. The molecule has 0 spiro atoms. The number of hydrogen-bond acceptors (Lipinski definition) is 3. The Bertz CT molecular complexity index is 461. The molecule has 1 aromatic rings. The van der Waals surface area contributed by atoms with Crippen LogP contribution in [0.2, 0.25) is 10.0 Å². The van der Waals surface area contributed by atoms with E-state index in [1.807, 2.05) is 6.92 Å². The number of benzene rings is 1. The number of amides is 1. The van der Waals surface area contributed by atoms with Crippen molar-refractivity contribution in [1.82, 2.24) is 4.90 Å². The van der Waals surface area contributed by atoms with Crippen LogP contribution in [0.5, 0.6) is 0 Å². The summed E-state index contributed by atoms with van der Waals surface area (Å²) in [6.45, 7) is 2.49. The average Bonchev–Trinajstić information content (AvgIpc) is 2.39. The number of nitrogens with zero attached hydrogens (tertiary/aromatic N) is 1.